The quantitative estimate of drug-likeness (QED) is 0.293. The molecule has 6 heteroatoms. The van der Waals surface area contributed by atoms with Crippen molar-refractivity contribution in [2.24, 2.45) is 10.9 Å². The van der Waals surface area contributed by atoms with Crippen LogP contribution in [-0.2, 0) is 0 Å². The summed E-state index contributed by atoms with van der Waals surface area (Å²) >= 11 is 0. The van der Waals surface area contributed by atoms with Gasteiger partial charge < -0.3 is 14.6 Å². The molecule has 1 aliphatic heterocycles. The first-order valence-electron chi connectivity index (χ1n) is 14.3. The van der Waals surface area contributed by atoms with Gasteiger partial charge in [-0.25, -0.2) is 0 Å². The Hall–Kier alpha value is -2.93. The predicted molar refractivity (Wildman–Crippen MR) is 160 cm³/mol. The van der Waals surface area contributed by atoms with E-state index in [1.165, 1.54) is 16.7 Å². The Labute approximate surface area is 233 Å². The number of aliphatic hydroxyl groups excluding tert-OH is 1. The number of aliphatic imine (C=N–C) groups is 1. The number of rotatable bonds is 9. The van der Waals surface area contributed by atoms with Crippen LogP contribution in [-0.4, -0.2) is 58.4 Å². The number of phenolic OH excluding ortho intramolecular Hbond substituents is 1. The van der Waals surface area contributed by atoms with Crippen LogP contribution in [0.1, 0.15) is 75.6 Å². The number of hydrogen-bond acceptors (Lipinski definition) is 6. The zero-order valence-electron chi connectivity index (χ0n) is 24.6. The van der Waals surface area contributed by atoms with Crippen molar-refractivity contribution >= 4 is 17.2 Å². The molecule has 1 aliphatic rings. The molecule has 3 aromatic rings. The van der Waals surface area contributed by atoms with Crippen LogP contribution in [0.5, 0.6) is 5.75 Å². The summed E-state index contributed by atoms with van der Waals surface area (Å²) in [6.07, 6.45) is 2.31. The van der Waals surface area contributed by atoms with E-state index in [1.807, 2.05) is 6.92 Å². The molecule has 2 N–H and O–H groups in total. The highest BCUT2D eigenvalue weighted by Crippen LogP contribution is 2.35. The minimum Gasteiger partial charge on any atom is -0.508 e. The van der Waals surface area contributed by atoms with Gasteiger partial charge in [-0.05, 0) is 69.7 Å². The lowest BCUT2D eigenvalue weighted by atomic mass is 9.89. The molecule has 1 saturated heterocycles. The zero-order chi connectivity index (χ0) is 28.3. The minimum atomic E-state index is -0.792. The first-order valence-corrected chi connectivity index (χ1v) is 14.3. The minimum absolute atomic E-state index is 0.142. The number of nitrogens with zero attached hydrogens (tertiary/aromatic N) is 3. The lowest BCUT2D eigenvalue weighted by molar-refractivity contribution is -0.0551. The van der Waals surface area contributed by atoms with Crippen LogP contribution in [0.15, 0.2) is 63.1 Å². The molecule has 1 fully saturated rings. The number of benzene rings is 2. The largest absolute Gasteiger partial charge is 0.508 e. The SMILES string of the molecule is CC/C(C)=C(\CN1CCN(C(O)c2c(C)oc3ccc(O)cc23)C(C)C1)N=CC(C)C(C)c1cccc(C)c1. The fourth-order valence-corrected chi connectivity index (χ4v) is 5.56. The topological polar surface area (TPSA) is 72.4 Å². The molecule has 0 spiro atoms. The van der Waals surface area contributed by atoms with E-state index in [4.69, 9.17) is 9.41 Å². The monoisotopic (exact) mass is 531 g/mol. The number of allylic oxidation sites excluding steroid dienone is 1. The number of fused-ring (bicyclic) bond motifs is 1. The van der Waals surface area contributed by atoms with E-state index in [-0.39, 0.29) is 11.8 Å². The standard InChI is InChI=1S/C33H45N3O3/c1-8-22(3)30(34-18-23(4)25(6)27-11-9-10-21(2)16-27)20-35-14-15-36(24(5)19-35)33(38)32-26(7)39-31-13-12-28(37)17-29(31)32/h9-13,16-18,23-25,33,37-38H,8,14-15,19-20H2,1-7H3/b30-22+,34-18?. The molecular weight excluding hydrogens is 486 g/mol. The lowest BCUT2D eigenvalue weighted by Gasteiger charge is -2.42. The normalized spacial score (nSPS) is 20.4. The Kier molecular flexibility index (Phi) is 9.31. The molecule has 0 saturated carbocycles. The van der Waals surface area contributed by atoms with E-state index in [9.17, 15) is 10.2 Å². The van der Waals surface area contributed by atoms with Crippen LogP contribution in [0.2, 0.25) is 0 Å². The average Bonchev–Trinajstić information content (AvgIpc) is 3.24. The smallest absolute Gasteiger partial charge is 0.137 e. The summed E-state index contributed by atoms with van der Waals surface area (Å²) in [5, 5.41) is 22.2. The van der Waals surface area contributed by atoms with Gasteiger partial charge in [-0.1, -0.05) is 56.2 Å². The predicted octanol–water partition coefficient (Wildman–Crippen LogP) is 6.95. The zero-order valence-corrected chi connectivity index (χ0v) is 24.6. The molecule has 0 aliphatic carbocycles. The van der Waals surface area contributed by atoms with Gasteiger partial charge in [0.05, 0.1) is 5.70 Å². The maximum Gasteiger partial charge on any atom is 0.137 e. The summed E-state index contributed by atoms with van der Waals surface area (Å²) in [7, 11) is 0. The van der Waals surface area contributed by atoms with Crippen LogP contribution in [0.3, 0.4) is 0 Å². The van der Waals surface area contributed by atoms with Crippen LogP contribution in [0.25, 0.3) is 11.0 Å². The van der Waals surface area contributed by atoms with E-state index >= 15 is 0 Å². The molecule has 0 amide bonds. The lowest BCUT2D eigenvalue weighted by Crippen LogP contribution is -2.53. The summed E-state index contributed by atoms with van der Waals surface area (Å²) in [5.41, 5.74) is 6.53. The van der Waals surface area contributed by atoms with Crippen molar-refractivity contribution in [2.45, 2.75) is 73.1 Å². The number of hydrogen-bond donors (Lipinski definition) is 2. The number of furan rings is 1. The maximum atomic E-state index is 11.4. The van der Waals surface area contributed by atoms with E-state index < -0.39 is 6.23 Å². The van der Waals surface area contributed by atoms with Crippen molar-refractivity contribution in [1.82, 2.24) is 9.80 Å². The van der Waals surface area contributed by atoms with Gasteiger partial charge in [0.15, 0.2) is 0 Å². The van der Waals surface area contributed by atoms with Gasteiger partial charge in [-0.3, -0.25) is 14.8 Å². The third-order valence-corrected chi connectivity index (χ3v) is 8.45. The van der Waals surface area contributed by atoms with Gasteiger partial charge in [0.2, 0.25) is 0 Å². The number of phenols is 1. The first kappa shape index (κ1) is 29.1. The van der Waals surface area contributed by atoms with Crippen molar-refractivity contribution in [3.8, 4) is 5.75 Å². The average molecular weight is 532 g/mol. The van der Waals surface area contributed by atoms with Gasteiger partial charge >= 0.3 is 0 Å². The highest BCUT2D eigenvalue weighted by Gasteiger charge is 2.32. The van der Waals surface area contributed by atoms with Crippen LogP contribution in [0, 0.1) is 19.8 Å². The molecular formula is C33H45N3O3. The fourth-order valence-electron chi connectivity index (χ4n) is 5.56. The number of aromatic hydroxyl groups is 1. The van der Waals surface area contributed by atoms with Crippen molar-refractivity contribution < 1.29 is 14.6 Å². The van der Waals surface area contributed by atoms with Crippen molar-refractivity contribution in [3.63, 3.8) is 0 Å². The van der Waals surface area contributed by atoms with Gasteiger partial charge in [-0.15, -0.1) is 0 Å². The maximum absolute atomic E-state index is 11.4. The number of piperazine rings is 1. The second kappa shape index (κ2) is 12.5. The van der Waals surface area contributed by atoms with Crippen LogP contribution < -0.4 is 0 Å². The van der Waals surface area contributed by atoms with Gasteiger partial charge in [0.1, 0.15) is 23.3 Å². The van der Waals surface area contributed by atoms with Crippen molar-refractivity contribution in [1.29, 1.82) is 0 Å². The molecule has 0 bridgehead atoms. The molecule has 6 nitrogen and oxygen atoms in total. The molecule has 210 valence electrons. The third kappa shape index (κ3) is 6.63. The Morgan fingerprint density at radius 1 is 1.15 bits per heavy atom. The first-order chi connectivity index (χ1) is 18.6. The molecule has 2 heterocycles. The van der Waals surface area contributed by atoms with Crippen molar-refractivity contribution in [2.75, 3.05) is 26.2 Å². The Morgan fingerprint density at radius 2 is 1.92 bits per heavy atom. The third-order valence-electron chi connectivity index (χ3n) is 8.45. The number of aryl methyl sites for hydroxylation is 2. The van der Waals surface area contributed by atoms with Crippen LogP contribution in [0.4, 0.5) is 0 Å². The summed E-state index contributed by atoms with van der Waals surface area (Å²) in [5.74, 6) is 1.57. The molecule has 2 aromatic carbocycles. The molecule has 4 atom stereocenters. The van der Waals surface area contributed by atoms with E-state index in [0.29, 0.717) is 23.2 Å². The van der Waals surface area contributed by atoms with E-state index in [0.717, 1.165) is 49.2 Å². The van der Waals surface area contributed by atoms with Crippen molar-refractivity contribution in [3.05, 3.63) is 76.2 Å². The highest BCUT2D eigenvalue weighted by atomic mass is 16.3. The second-order valence-electron chi connectivity index (χ2n) is 11.4. The summed E-state index contributed by atoms with van der Waals surface area (Å²) in [4.78, 5) is 9.62. The molecule has 39 heavy (non-hydrogen) atoms. The van der Waals surface area contributed by atoms with Gasteiger partial charge in [0.25, 0.3) is 0 Å². The highest BCUT2D eigenvalue weighted by molar-refractivity contribution is 5.84. The van der Waals surface area contributed by atoms with Gasteiger partial charge in [0, 0.05) is 49.4 Å². The molecule has 4 unspecified atom stereocenters. The molecule has 4 rings (SSSR count). The van der Waals surface area contributed by atoms with Gasteiger partial charge in [-0.2, -0.15) is 0 Å². The molecule has 1 aromatic heterocycles. The second-order valence-corrected chi connectivity index (χ2v) is 11.4. The van der Waals surface area contributed by atoms with E-state index in [2.05, 4.69) is 81.8 Å². The number of aliphatic hydroxyl groups is 1. The van der Waals surface area contributed by atoms with Crippen LogP contribution >= 0.6 is 0 Å². The summed E-state index contributed by atoms with van der Waals surface area (Å²) in [6.45, 7) is 18.3. The fraction of sp³-hybridized carbons (Fsp3) is 0.485. The Morgan fingerprint density at radius 3 is 2.62 bits per heavy atom. The summed E-state index contributed by atoms with van der Waals surface area (Å²) < 4.78 is 5.88. The van der Waals surface area contributed by atoms with E-state index in [1.54, 1.807) is 18.2 Å². The molecule has 0 radical (unpaired) electrons. The Bertz CT molecular complexity index is 1340. The Balaban J connectivity index is 1.43. The summed E-state index contributed by atoms with van der Waals surface area (Å²) in [6, 6.07) is 13.9.